The van der Waals surface area contributed by atoms with Crippen LogP contribution < -0.4 is 9.47 Å². The molecule has 0 unspecified atom stereocenters. The Morgan fingerprint density at radius 3 is 2.05 bits per heavy atom. The monoisotopic (exact) mass is 604 g/mol. The molecule has 230 valence electrons. The molecule has 4 rings (SSSR count). The molecule has 9 heteroatoms. The average molecular weight is 605 g/mol. The summed E-state index contributed by atoms with van der Waals surface area (Å²) in [6, 6.07) is 7.41. The van der Waals surface area contributed by atoms with Crippen LogP contribution in [0.2, 0.25) is 0 Å². The molecule has 0 amide bonds. The number of esters is 1. The number of aryl methyl sites for hydroxylation is 1. The minimum Gasteiger partial charge on any atom is -0.490 e. The molecule has 0 spiro atoms. The van der Waals surface area contributed by atoms with Gasteiger partial charge in [0.2, 0.25) is 11.6 Å². The van der Waals surface area contributed by atoms with Gasteiger partial charge in [-0.2, -0.15) is 8.78 Å². The van der Waals surface area contributed by atoms with Gasteiger partial charge in [0.1, 0.15) is 0 Å². The Morgan fingerprint density at radius 1 is 0.791 bits per heavy atom. The number of unbranched alkanes of at least 4 members (excludes halogenated alkanes) is 1. The maximum atomic E-state index is 15.0. The molecule has 43 heavy (non-hydrogen) atoms. The number of benzene rings is 3. The molecule has 0 N–H and O–H groups in total. The number of hydrogen-bond acceptors (Lipinski definition) is 3. The molecule has 1 saturated carbocycles. The van der Waals surface area contributed by atoms with Crippen molar-refractivity contribution >= 4 is 5.97 Å². The van der Waals surface area contributed by atoms with Gasteiger partial charge < -0.3 is 9.47 Å². The number of allylic oxidation sites excluding steroid dienone is 2. The van der Waals surface area contributed by atoms with Gasteiger partial charge in [0.15, 0.2) is 34.8 Å². The molecule has 0 atom stereocenters. The summed E-state index contributed by atoms with van der Waals surface area (Å²) in [6.07, 6.45) is 7.47. The van der Waals surface area contributed by atoms with Gasteiger partial charge >= 0.3 is 5.97 Å². The van der Waals surface area contributed by atoms with Crippen molar-refractivity contribution in [3.63, 3.8) is 0 Å². The van der Waals surface area contributed by atoms with Gasteiger partial charge in [-0.15, -0.1) is 0 Å². The fourth-order valence-electron chi connectivity index (χ4n) is 5.35. The van der Waals surface area contributed by atoms with Gasteiger partial charge in [-0.3, -0.25) is 4.79 Å². The van der Waals surface area contributed by atoms with Crippen molar-refractivity contribution in [2.45, 2.75) is 71.1 Å². The van der Waals surface area contributed by atoms with E-state index >= 15 is 0 Å². The second kappa shape index (κ2) is 14.6. The third-order valence-corrected chi connectivity index (χ3v) is 7.86. The van der Waals surface area contributed by atoms with Crippen LogP contribution in [0.5, 0.6) is 11.5 Å². The number of carbonyl (C=O) groups is 1. The standard InChI is InChI=1S/C34H34F6O3/c1-3-5-7-8-21-13-14-23(29(36)28(21)35)20-9-11-22(12-10-20)34(41)43-27-18-16-25(31(38)33(27)40)24-15-17-26(32(39)30(24)37)42-19-6-4-2/h3,5,13-18,20,22H,4,6-12,19H2,1-2H3. The summed E-state index contributed by atoms with van der Waals surface area (Å²) in [5.74, 6) is -10.2. The topological polar surface area (TPSA) is 35.5 Å². The summed E-state index contributed by atoms with van der Waals surface area (Å²) in [5.41, 5.74) is -0.496. The predicted molar refractivity (Wildman–Crippen MR) is 152 cm³/mol. The number of hydrogen-bond donors (Lipinski definition) is 0. The van der Waals surface area contributed by atoms with E-state index in [2.05, 4.69) is 0 Å². The second-order valence-electron chi connectivity index (χ2n) is 10.7. The van der Waals surface area contributed by atoms with E-state index in [1.807, 2.05) is 26.0 Å². The molecule has 1 aliphatic rings. The molecule has 1 aliphatic carbocycles. The van der Waals surface area contributed by atoms with Crippen molar-refractivity contribution in [3.05, 3.63) is 94.6 Å². The van der Waals surface area contributed by atoms with Crippen LogP contribution in [0.25, 0.3) is 11.1 Å². The van der Waals surface area contributed by atoms with Gasteiger partial charge in [0, 0.05) is 11.1 Å². The molecule has 1 fully saturated rings. The molecule has 3 aromatic carbocycles. The Labute approximate surface area is 247 Å². The van der Waals surface area contributed by atoms with Crippen LogP contribution in [0.4, 0.5) is 26.3 Å². The van der Waals surface area contributed by atoms with Crippen LogP contribution in [0.15, 0.2) is 48.6 Å². The van der Waals surface area contributed by atoms with Crippen molar-refractivity contribution in [1.82, 2.24) is 0 Å². The first-order valence-corrected chi connectivity index (χ1v) is 14.6. The fourth-order valence-corrected chi connectivity index (χ4v) is 5.35. The molecular weight excluding hydrogens is 570 g/mol. The third kappa shape index (κ3) is 7.25. The largest absolute Gasteiger partial charge is 0.490 e. The smallest absolute Gasteiger partial charge is 0.314 e. The Balaban J connectivity index is 1.40. The van der Waals surface area contributed by atoms with E-state index in [4.69, 9.17) is 9.47 Å². The van der Waals surface area contributed by atoms with Gasteiger partial charge in [-0.25, -0.2) is 17.6 Å². The summed E-state index contributed by atoms with van der Waals surface area (Å²) in [4.78, 5) is 12.8. The first kappa shape index (κ1) is 32.2. The average Bonchev–Trinajstić information content (AvgIpc) is 3.00. The highest BCUT2D eigenvalue weighted by molar-refractivity contribution is 5.76. The predicted octanol–water partition coefficient (Wildman–Crippen LogP) is 9.76. The number of carbonyl (C=O) groups excluding carboxylic acids is 1. The van der Waals surface area contributed by atoms with Crippen molar-refractivity contribution < 1.29 is 40.6 Å². The molecule has 0 bridgehead atoms. The van der Waals surface area contributed by atoms with E-state index < -0.39 is 63.7 Å². The van der Waals surface area contributed by atoms with E-state index in [9.17, 15) is 31.1 Å². The maximum Gasteiger partial charge on any atom is 0.314 e. The lowest BCUT2D eigenvalue weighted by Crippen LogP contribution is -2.26. The number of rotatable bonds is 11. The first-order chi connectivity index (χ1) is 20.7. The molecule has 0 aliphatic heterocycles. The van der Waals surface area contributed by atoms with Gasteiger partial charge in [-0.05, 0) is 93.2 Å². The van der Waals surface area contributed by atoms with Gasteiger partial charge in [0.25, 0.3) is 0 Å². The van der Waals surface area contributed by atoms with Crippen LogP contribution in [0.1, 0.15) is 75.8 Å². The highest BCUT2D eigenvalue weighted by Gasteiger charge is 2.32. The van der Waals surface area contributed by atoms with Gasteiger partial charge in [0.05, 0.1) is 12.5 Å². The van der Waals surface area contributed by atoms with E-state index in [1.165, 1.54) is 0 Å². The van der Waals surface area contributed by atoms with Crippen LogP contribution in [-0.4, -0.2) is 12.6 Å². The normalized spacial score (nSPS) is 16.9. The van der Waals surface area contributed by atoms with E-state index in [0.29, 0.717) is 37.7 Å². The maximum absolute atomic E-state index is 15.0. The lowest BCUT2D eigenvalue weighted by Gasteiger charge is -2.28. The Hall–Kier alpha value is -3.75. The van der Waals surface area contributed by atoms with Crippen molar-refractivity contribution in [1.29, 1.82) is 0 Å². The molecule has 0 heterocycles. The second-order valence-corrected chi connectivity index (χ2v) is 10.7. The van der Waals surface area contributed by atoms with Gasteiger partial charge in [-0.1, -0.05) is 37.6 Å². The lowest BCUT2D eigenvalue weighted by molar-refractivity contribution is -0.140. The molecule has 3 nitrogen and oxygen atoms in total. The summed E-state index contributed by atoms with van der Waals surface area (Å²) >= 11 is 0. The highest BCUT2D eigenvalue weighted by atomic mass is 19.2. The van der Waals surface area contributed by atoms with Crippen molar-refractivity contribution in [3.8, 4) is 22.6 Å². The zero-order valence-corrected chi connectivity index (χ0v) is 24.1. The van der Waals surface area contributed by atoms with Crippen LogP contribution in [0.3, 0.4) is 0 Å². The van der Waals surface area contributed by atoms with E-state index in [-0.39, 0.29) is 36.7 Å². The molecule has 3 aromatic rings. The zero-order chi connectivity index (χ0) is 31.1. The Kier molecular flexibility index (Phi) is 10.9. The number of halogens is 6. The minimum atomic E-state index is -1.52. The third-order valence-electron chi connectivity index (χ3n) is 7.86. The quantitative estimate of drug-likeness (QED) is 0.0719. The Bertz CT molecular complexity index is 1480. The molecule has 0 aromatic heterocycles. The summed E-state index contributed by atoms with van der Waals surface area (Å²) in [7, 11) is 0. The fraction of sp³-hybridized carbons (Fsp3) is 0.382. The van der Waals surface area contributed by atoms with Crippen LogP contribution in [0, 0.1) is 40.8 Å². The van der Waals surface area contributed by atoms with E-state index in [0.717, 1.165) is 30.7 Å². The SMILES string of the molecule is CC=CCCc1ccc(C2CCC(C(=O)Oc3ccc(-c4ccc(OCCCC)c(F)c4F)c(F)c3F)CC2)c(F)c1F. The summed E-state index contributed by atoms with van der Waals surface area (Å²) in [5, 5.41) is 0. The van der Waals surface area contributed by atoms with Crippen molar-refractivity contribution in [2.75, 3.05) is 6.61 Å². The Morgan fingerprint density at radius 2 is 1.42 bits per heavy atom. The highest BCUT2D eigenvalue weighted by Crippen LogP contribution is 2.39. The molecule has 0 radical (unpaired) electrons. The van der Waals surface area contributed by atoms with Crippen LogP contribution in [-0.2, 0) is 11.2 Å². The summed E-state index contributed by atoms with van der Waals surface area (Å²) in [6.45, 7) is 3.94. The number of ether oxygens (including phenoxy) is 2. The van der Waals surface area contributed by atoms with E-state index in [1.54, 1.807) is 12.1 Å². The molecular formula is C34H34F6O3. The summed E-state index contributed by atoms with van der Waals surface area (Å²) < 4.78 is 98.9. The minimum absolute atomic E-state index is 0.177. The zero-order valence-electron chi connectivity index (χ0n) is 24.1. The lowest BCUT2D eigenvalue weighted by atomic mass is 9.78. The first-order valence-electron chi connectivity index (χ1n) is 14.6. The van der Waals surface area contributed by atoms with Crippen LogP contribution >= 0.6 is 0 Å². The molecule has 0 saturated heterocycles. The van der Waals surface area contributed by atoms with Crippen molar-refractivity contribution in [2.24, 2.45) is 5.92 Å².